The van der Waals surface area contributed by atoms with Gasteiger partial charge in [-0.3, -0.25) is 9.59 Å². The maximum absolute atomic E-state index is 12.3. The number of nitrogens with zero attached hydrogens (tertiary/aromatic N) is 1. The van der Waals surface area contributed by atoms with Crippen LogP contribution in [0.3, 0.4) is 0 Å². The molecule has 2 amide bonds. The molecular formula is C19H19Br2N3O3. The van der Waals surface area contributed by atoms with E-state index in [0.717, 1.165) is 5.56 Å². The minimum Gasteiger partial charge on any atom is -0.456 e. The molecule has 0 radical (unpaired) electrons. The van der Waals surface area contributed by atoms with Gasteiger partial charge in [0.05, 0.1) is 14.4 Å². The summed E-state index contributed by atoms with van der Waals surface area (Å²) < 4.78 is 4.96. The first-order valence-corrected chi connectivity index (χ1v) is 9.92. The van der Waals surface area contributed by atoms with Gasteiger partial charge in [-0.15, -0.1) is 0 Å². The lowest BCUT2D eigenvalue weighted by Gasteiger charge is -2.11. The van der Waals surface area contributed by atoms with Crippen molar-refractivity contribution in [3.05, 3.63) is 53.5 Å². The number of aryl methyl sites for hydroxylation is 1. The lowest BCUT2D eigenvalue weighted by molar-refractivity contribution is -0.125. The van der Waals surface area contributed by atoms with E-state index in [-0.39, 0.29) is 20.8 Å². The second-order valence-electron chi connectivity index (χ2n) is 6.80. The van der Waals surface area contributed by atoms with Crippen molar-refractivity contribution in [1.29, 1.82) is 0 Å². The van der Waals surface area contributed by atoms with E-state index >= 15 is 0 Å². The van der Waals surface area contributed by atoms with E-state index in [2.05, 4.69) is 47.7 Å². The Labute approximate surface area is 174 Å². The zero-order chi connectivity index (χ0) is 19.8. The molecule has 0 spiro atoms. The number of hydrazone groups is 1. The molecule has 0 bridgehead atoms. The Hall–Kier alpha value is -1.93. The Morgan fingerprint density at radius 1 is 1.22 bits per heavy atom. The number of furan rings is 1. The first-order valence-electron chi connectivity index (χ1n) is 8.33. The number of carbonyl (C=O) groups is 2. The number of hydrogen-bond donors (Lipinski definition) is 2. The summed E-state index contributed by atoms with van der Waals surface area (Å²) in [6.07, 6.45) is 0.689. The first kappa shape index (κ1) is 19.8. The van der Waals surface area contributed by atoms with Gasteiger partial charge >= 0.3 is 0 Å². The highest BCUT2D eigenvalue weighted by Crippen LogP contribution is 2.66. The molecule has 142 valence electrons. The number of anilines is 1. The summed E-state index contributed by atoms with van der Waals surface area (Å²) in [5, 5.41) is 6.98. The highest BCUT2D eigenvalue weighted by atomic mass is 79.9. The molecule has 1 aliphatic rings. The predicted molar refractivity (Wildman–Crippen MR) is 112 cm³/mol. The molecule has 1 aliphatic carbocycles. The van der Waals surface area contributed by atoms with Gasteiger partial charge < -0.3 is 9.73 Å². The van der Waals surface area contributed by atoms with Crippen LogP contribution in [0.2, 0.25) is 0 Å². The Balaban J connectivity index is 1.67. The number of benzene rings is 1. The number of alkyl halides is 2. The van der Waals surface area contributed by atoms with Crippen LogP contribution >= 0.6 is 31.9 Å². The fourth-order valence-corrected chi connectivity index (χ4v) is 4.02. The van der Waals surface area contributed by atoms with Crippen LogP contribution in [0.1, 0.15) is 42.1 Å². The predicted octanol–water partition coefficient (Wildman–Crippen LogP) is 4.58. The number of hydrogen-bond acceptors (Lipinski definition) is 4. The lowest BCUT2D eigenvalue weighted by atomic mass is 10.1. The van der Waals surface area contributed by atoms with Gasteiger partial charge in [-0.2, -0.15) is 5.10 Å². The van der Waals surface area contributed by atoms with Crippen LogP contribution in [0.4, 0.5) is 5.69 Å². The lowest BCUT2D eigenvalue weighted by Crippen LogP contribution is -2.30. The Morgan fingerprint density at radius 2 is 1.93 bits per heavy atom. The van der Waals surface area contributed by atoms with Gasteiger partial charge in [0.15, 0.2) is 5.76 Å². The van der Waals surface area contributed by atoms with E-state index in [4.69, 9.17) is 4.42 Å². The van der Waals surface area contributed by atoms with Crippen molar-refractivity contribution in [1.82, 2.24) is 5.43 Å². The fraction of sp³-hybridized carbons (Fsp3) is 0.316. The van der Waals surface area contributed by atoms with Crippen LogP contribution in [-0.2, 0) is 4.79 Å². The standard InChI is InChI=1S/C19H19Br2N3O3/c1-11-7-8-15(27-11)16(25)22-14-6-4-5-13(9-14)12(2)23-24-17(26)18(3)10-19(18,20)21/h4-9H,10H2,1-3H3,(H,22,25)(H,24,26). The minimum atomic E-state index is -0.534. The minimum absolute atomic E-state index is 0.159. The summed E-state index contributed by atoms with van der Waals surface area (Å²) in [4.78, 5) is 24.5. The highest BCUT2D eigenvalue weighted by Gasteiger charge is 2.66. The third-order valence-corrected chi connectivity index (χ3v) is 6.90. The number of halogens is 2. The molecule has 3 rings (SSSR count). The zero-order valence-corrected chi connectivity index (χ0v) is 18.3. The molecule has 2 aromatic rings. The van der Waals surface area contributed by atoms with Crippen molar-refractivity contribution in [3.63, 3.8) is 0 Å². The van der Waals surface area contributed by atoms with Gasteiger partial charge in [-0.25, -0.2) is 5.43 Å². The summed E-state index contributed by atoms with van der Waals surface area (Å²) in [5.74, 6) is 0.443. The number of carbonyl (C=O) groups excluding carboxylic acids is 2. The number of nitrogens with one attached hydrogen (secondary N) is 2. The molecule has 27 heavy (non-hydrogen) atoms. The molecule has 6 nitrogen and oxygen atoms in total. The van der Waals surface area contributed by atoms with Gasteiger partial charge in [-0.05, 0) is 57.0 Å². The molecule has 0 saturated heterocycles. The molecule has 1 atom stereocenters. The largest absolute Gasteiger partial charge is 0.456 e. The van der Waals surface area contributed by atoms with E-state index in [9.17, 15) is 9.59 Å². The van der Waals surface area contributed by atoms with Crippen molar-refractivity contribution in [2.75, 3.05) is 5.32 Å². The SMILES string of the molecule is CC(=NNC(=O)C1(C)CC1(Br)Br)c1cccc(NC(=O)c2ccc(C)o2)c1. The Bertz CT molecular complexity index is 936. The van der Waals surface area contributed by atoms with Crippen LogP contribution in [-0.4, -0.2) is 20.8 Å². The molecule has 2 N–H and O–H groups in total. The summed E-state index contributed by atoms with van der Waals surface area (Å²) in [5.41, 5.74) is 4.11. The van der Waals surface area contributed by atoms with E-state index in [1.807, 2.05) is 19.1 Å². The van der Waals surface area contributed by atoms with Crippen LogP contribution in [0.15, 0.2) is 45.9 Å². The normalized spacial score (nSPS) is 20.9. The maximum Gasteiger partial charge on any atom is 0.291 e. The quantitative estimate of drug-likeness (QED) is 0.361. The molecule has 1 fully saturated rings. The van der Waals surface area contributed by atoms with Gasteiger partial charge in [0.1, 0.15) is 5.76 Å². The zero-order valence-electron chi connectivity index (χ0n) is 15.1. The van der Waals surface area contributed by atoms with Gasteiger partial charge in [0.2, 0.25) is 5.91 Å². The third kappa shape index (κ3) is 4.16. The molecule has 0 aliphatic heterocycles. The summed E-state index contributed by atoms with van der Waals surface area (Å²) in [6.45, 7) is 5.44. The molecule has 1 heterocycles. The van der Waals surface area contributed by atoms with Gasteiger partial charge in [0, 0.05) is 5.69 Å². The third-order valence-electron chi connectivity index (χ3n) is 4.59. The maximum atomic E-state index is 12.3. The van der Waals surface area contributed by atoms with Crippen LogP contribution < -0.4 is 10.7 Å². The van der Waals surface area contributed by atoms with Gasteiger partial charge in [0.25, 0.3) is 5.91 Å². The fourth-order valence-electron chi connectivity index (χ4n) is 2.54. The van der Waals surface area contributed by atoms with Crippen molar-refractivity contribution in [2.24, 2.45) is 10.5 Å². The molecule has 1 unspecified atom stereocenters. The Kier molecular flexibility index (Phi) is 5.31. The second kappa shape index (κ2) is 7.24. The average Bonchev–Trinajstić information content (AvgIpc) is 2.94. The second-order valence-corrected chi connectivity index (χ2v) is 10.6. The number of rotatable bonds is 5. The van der Waals surface area contributed by atoms with Crippen molar-refractivity contribution in [2.45, 2.75) is 30.4 Å². The molecule has 1 saturated carbocycles. The molecule has 8 heteroatoms. The van der Waals surface area contributed by atoms with Crippen LogP contribution in [0, 0.1) is 12.3 Å². The average molecular weight is 497 g/mol. The van der Waals surface area contributed by atoms with E-state index < -0.39 is 5.41 Å². The van der Waals surface area contributed by atoms with Crippen molar-refractivity contribution < 1.29 is 14.0 Å². The number of amides is 2. The van der Waals surface area contributed by atoms with Gasteiger partial charge in [-0.1, -0.05) is 44.0 Å². The monoisotopic (exact) mass is 495 g/mol. The van der Waals surface area contributed by atoms with Crippen LogP contribution in [0.5, 0.6) is 0 Å². The smallest absolute Gasteiger partial charge is 0.291 e. The van der Waals surface area contributed by atoms with Crippen molar-refractivity contribution >= 4 is 55.1 Å². The summed E-state index contributed by atoms with van der Waals surface area (Å²) in [6, 6.07) is 10.6. The van der Waals surface area contributed by atoms with E-state index in [1.165, 1.54) is 0 Å². The van der Waals surface area contributed by atoms with Crippen molar-refractivity contribution in [3.8, 4) is 0 Å². The molecular weight excluding hydrogens is 478 g/mol. The molecule has 1 aromatic carbocycles. The van der Waals surface area contributed by atoms with E-state index in [0.29, 0.717) is 23.6 Å². The topological polar surface area (TPSA) is 83.7 Å². The highest BCUT2D eigenvalue weighted by molar-refractivity contribution is 9.25. The summed E-state index contributed by atoms with van der Waals surface area (Å²) in [7, 11) is 0. The van der Waals surface area contributed by atoms with Crippen LogP contribution in [0.25, 0.3) is 0 Å². The first-order chi connectivity index (χ1) is 12.6. The van der Waals surface area contributed by atoms with E-state index in [1.54, 1.807) is 38.1 Å². The Morgan fingerprint density at radius 3 is 2.52 bits per heavy atom. The molecule has 1 aromatic heterocycles. The summed E-state index contributed by atoms with van der Waals surface area (Å²) >= 11 is 6.95.